The van der Waals surface area contributed by atoms with E-state index in [-0.39, 0.29) is 17.5 Å². The number of aromatic nitrogens is 2. The topological polar surface area (TPSA) is 92.0 Å². The number of nitrogens with zero attached hydrogens (tertiary/aromatic N) is 1. The zero-order valence-corrected chi connectivity index (χ0v) is 9.08. The van der Waals surface area contributed by atoms with Crippen LogP contribution in [0.3, 0.4) is 0 Å². The maximum Gasteiger partial charge on any atom is 0.257 e. The Morgan fingerprint density at radius 1 is 1.53 bits per heavy atom. The van der Waals surface area contributed by atoms with E-state index in [9.17, 15) is 9.90 Å². The van der Waals surface area contributed by atoms with Gasteiger partial charge >= 0.3 is 0 Å². The van der Waals surface area contributed by atoms with Crippen LogP contribution in [0.1, 0.15) is 44.1 Å². The Morgan fingerprint density at radius 3 is 2.67 bits per heavy atom. The molecule has 5 heteroatoms. The van der Waals surface area contributed by atoms with Crippen molar-refractivity contribution in [1.82, 2.24) is 9.97 Å². The van der Waals surface area contributed by atoms with Crippen LogP contribution in [0.15, 0.2) is 4.79 Å². The van der Waals surface area contributed by atoms with Gasteiger partial charge in [-0.2, -0.15) is 4.98 Å². The molecule has 0 radical (unpaired) electrons. The highest BCUT2D eigenvalue weighted by Gasteiger charge is 2.13. The van der Waals surface area contributed by atoms with Gasteiger partial charge in [-0.15, -0.1) is 0 Å². The number of nitrogens with two attached hydrogens (primary N) is 1. The van der Waals surface area contributed by atoms with E-state index in [1.807, 2.05) is 13.8 Å². The van der Waals surface area contributed by atoms with E-state index in [1.165, 1.54) is 0 Å². The van der Waals surface area contributed by atoms with Gasteiger partial charge in [-0.05, 0) is 12.8 Å². The minimum Gasteiger partial charge on any atom is -0.493 e. The van der Waals surface area contributed by atoms with Crippen LogP contribution in [-0.2, 0) is 6.42 Å². The van der Waals surface area contributed by atoms with Crippen molar-refractivity contribution in [2.75, 3.05) is 0 Å². The molecule has 1 rings (SSSR count). The molecule has 0 bridgehead atoms. The zero-order valence-electron chi connectivity index (χ0n) is 9.08. The fourth-order valence-corrected chi connectivity index (χ4v) is 1.35. The summed E-state index contributed by atoms with van der Waals surface area (Å²) in [5.74, 6) is 0.152. The quantitative estimate of drug-likeness (QED) is 0.688. The zero-order chi connectivity index (χ0) is 11.4. The van der Waals surface area contributed by atoms with Crippen LogP contribution in [-0.4, -0.2) is 15.1 Å². The SMILES string of the molecule is CCCc1c(O)nc(C(N)CC)[nH]c1=O. The molecule has 1 heterocycles. The second-order valence-corrected chi connectivity index (χ2v) is 3.52. The molecule has 0 amide bonds. The first kappa shape index (κ1) is 11.7. The average Bonchev–Trinajstić information content (AvgIpc) is 2.22. The molecule has 0 aliphatic rings. The number of hydrogen-bond acceptors (Lipinski definition) is 4. The van der Waals surface area contributed by atoms with E-state index in [0.29, 0.717) is 24.2 Å². The standard InChI is InChI=1S/C10H17N3O2/c1-3-5-6-9(14)12-8(7(11)4-2)13-10(6)15/h7H,3-5,11H2,1-2H3,(H2,12,13,14,15). The van der Waals surface area contributed by atoms with E-state index < -0.39 is 0 Å². The van der Waals surface area contributed by atoms with E-state index in [4.69, 9.17) is 5.73 Å². The van der Waals surface area contributed by atoms with E-state index in [1.54, 1.807) is 0 Å². The number of hydrogen-bond donors (Lipinski definition) is 3. The highest BCUT2D eigenvalue weighted by Crippen LogP contribution is 2.14. The molecule has 0 aliphatic carbocycles. The summed E-state index contributed by atoms with van der Waals surface area (Å²) in [4.78, 5) is 18.1. The Hall–Kier alpha value is -1.36. The highest BCUT2D eigenvalue weighted by molar-refractivity contribution is 5.23. The molecule has 0 aromatic carbocycles. The molecular weight excluding hydrogens is 194 g/mol. The lowest BCUT2D eigenvalue weighted by Gasteiger charge is -2.09. The fraction of sp³-hybridized carbons (Fsp3) is 0.600. The van der Waals surface area contributed by atoms with Crippen molar-refractivity contribution in [2.45, 2.75) is 39.2 Å². The third-order valence-corrected chi connectivity index (χ3v) is 2.30. The smallest absolute Gasteiger partial charge is 0.257 e. The molecule has 84 valence electrons. The number of nitrogens with one attached hydrogen (secondary N) is 1. The van der Waals surface area contributed by atoms with Crippen molar-refractivity contribution in [1.29, 1.82) is 0 Å². The Labute approximate surface area is 88.4 Å². The molecule has 4 N–H and O–H groups in total. The van der Waals surface area contributed by atoms with Gasteiger partial charge in [0, 0.05) is 0 Å². The lowest BCUT2D eigenvalue weighted by Crippen LogP contribution is -2.21. The molecule has 0 saturated carbocycles. The summed E-state index contributed by atoms with van der Waals surface area (Å²) in [6.45, 7) is 3.83. The minimum atomic E-state index is -0.334. The van der Waals surface area contributed by atoms with Gasteiger partial charge in [0.05, 0.1) is 11.6 Å². The van der Waals surface area contributed by atoms with Crippen LogP contribution in [0.2, 0.25) is 0 Å². The predicted molar refractivity (Wildman–Crippen MR) is 57.7 cm³/mol. The summed E-state index contributed by atoms with van der Waals surface area (Å²) in [5.41, 5.74) is 5.76. The van der Waals surface area contributed by atoms with Crippen LogP contribution in [0.25, 0.3) is 0 Å². The van der Waals surface area contributed by atoms with Crippen molar-refractivity contribution >= 4 is 0 Å². The molecule has 0 spiro atoms. The molecule has 0 aliphatic heterocycles. The van der Waals surface area contributed by atoms with E-state index in [2.05, 4.69) is 9.97 Å². The van der Waals surface area contributed by atoms with Crippen LogP contribution < -0.4 is 11.3 Å². The first-order valence-corrected chi connectivity index (χ1v) is 5.17. The Bertz CT molecular complexity index is 387. The molecule has 1 unspecified atom stereocenters. The maximum atomic E-state index is 11.6. The van der Waals surface area contributed by atoms with Gasteiger partial charge in [-0.3, -0.25) is 4.79 Å². The normalized spacial score (nSPS) is 12.7. The number of rotatable bonds is 4. The van der Waals surface area contributed by atoms with Crippen molar-refractivity contribution in [2.24, 2.45) is 5.73 Å². The Balaban J connectivity index is 3.13. The van der Waals surface area contributed by atoms with Gasteiger partial charge in [0.1, 0.15) is 5.82 Å². The van der Waals surface area contributed by atoms with Gasteiger partial charge in [0.15, 0.2) is 0 Å². The van der Waals surface area contributed by atoms with E-state index in [0.717, 1.165) is 6.42 Å². The molecule has 0 fully saturated rings. The fourth-order valence-electron chi connectivity index (χ4n) is 1.35. The Kier molecular flexibility index (Phi) is 3.85. The van der Waals surface area contributed by atoms with Gasteiger partial charge in [0.25, 0.3) is 5.56 Å². The lowest BCUT2D eigenvalue weighted by molar-refractivity contribution is 0.434. The lowest BCUT2D eigenvalue weighted by atomic mass is 10.1. The number of aromatic hydroxyl groups is 1. The first-order valence-electron chi connectivity index (χ1n) is 5.17. The highest BCUT2D eigenvalue weighted by atomic mass is 16.3. The average molecular weight is 211 g/mol. The van der Waals surface area contributed by atoms with Crippen molar-refractivity contribution < 1.29 is 5.11 Å². The monoisotopic (exact) mass is 211 g/mol. The largest absolute Gasteiger partial charge is 0.493 e. The van der Waals surface area contributed by atoms with Crippen LogP contribution >= 0.6 is 0 Å². The van der Waals surface area contributed by atoms with Gasteiger partial charge in [-0.25, -0.2) is 0 Å². The molecule has 1 aromatic rings. The molecule has 15 heavy (non-hydrogen) atoms. The van der Waals surface area contributed by atoms with Gasteiger partial charge in [0.2, 0.25) is 5.88 Å². The second kappa shape index (κ2) is 4.93. The number of H-pyrrole nitrogens is 1. The van der Waals surface area contributed by atoms with Crippen LogP contribution in [0.5, 0.6) is 5.88 Å². The van der Waals surface area contributed by atoms with Gasteiger partial charge in [-0.1, -0.05) is 20.3 Å². The number of aromatic amines is 1. The predicted octanol–water partition coefficient (Wildman–Crippen LogP) is 0.838. The maximum absolute atomic E-state index is 11.6. The first-order chi connectivity index (χ1) is 7.10. The molecular formula is C10H17N3O2. The minimum absolute atomic E-state index is 0.195. The summed E-state index contributed by atoms with van der Waals surface area (Å²) in [6.07, 6.45) is 1.98. The molecule has 5 nitrogen and oxygen atoms in total. The third-order valence-electron chi connectivity index (χ3n) is 2.30. The molecule has 1 aromatic heterocycles. The second-order valence-electron chi connectivity index (χ2n) is 3.52. The summed E-state index contributed by atoms with van der Waals surface area (Å²) in [7, 11) is 0. The summed E-state index contributed by atoms with van der Waals surface area (Å²) in [5, 5.41) is 9.56. The molecule has 0 saturated heterocycles. The Morgan fingerprint density at radius 2 is 2.20 bits per heavy atom. The van der Waals surface area contributed by atoms with Crippen molar-refractivity contribution in [3.63, 3.8) is 0 Å². The summed E-state index contributed by atoms with van der Waals surface area (Å²) < 4.78 is 0. The van der Waals surface area contributed by atoms with Gasteiger partial charge < -0.3 is 15.8 Å². The summed E-state index contributed by atoms with van der Waals surface area (Å²) >= 11 is 0. The van der Waals surface area contributed by atoms with Crippen LogP contribution in [0.4, 0.5) is 0 Å². The van der Waals surface area contributed by atoms with Crippen molar-refractivity contribution in [3.05, 3.63) is 21.7 Å². The van der Waals surface area contributed by atoms with Crippen molar-refractivity contribution in [3.8, 4) is 5.88 Å². The summed E-state index contributed by atoms with van der Waals surface area (Å²) in [6, 6.07) is -0.334. The third kappa shape index (κ3) is 2.56. The van der Waals surface area contributed by atoms with Crippen LogP contribution in [0, 0.1) is 0 Å². The van der Waals surface area contributed by atoms with E-state index >= 15 is 0 Å². The molecule has 1 atom stereocenters.